The van der Waals surface area contributed by atoms with Gasteiger partial charge in [0, 0.05) is 7.11 Å². The molecule has 2 rings (SSSR count). The molecule has 1 atom stereocenters. The van der Waals surface area contributed by atoms with E-state index in [1.807, 2.05) is 24.3 Å². The molecule has 2 nitrogen and oxygen atoms in total. The molecular formula is C16H24O2. The molecule has 2 heteroatoms. The molecule has 0 aromatic heterocycles. The van der Waals surface area contributed by atoms with Crippen LogP contribution in [-0.2, 0) is 4.74 Å². The molecule has 0 radical (unpaired) electrons. The lowest BCUT2D eigenvalue weighted by molar-refractivity contribution is -0.130. The molecule has 1 fully saturated rings. The Bertz CT molecular complexity index is 375. The average Bonchev–Trinajstić information content (AvgIpc) is 2.40. The zero-order chi connectivity index (χ0) is 13.2. The van der Waals surface area contributed by atoms with E-state index >= 15 is 0 Å². The van der Waals surface area contributed by atoms with Crippen molar-refractivity contribution in [3.63, 3.8) is 0 Å². The summed E-state index contributed by atoms with van der Waals surface area (Å²) in [5.74, 6) is 0.749. The van der Waals surface area contributed by atoms with Crippen LogP contribution in [0, 0.1) is 12.8 Å². The fourth-order valence-corrected chi connectivity index (χ4v) is 2.89. The van der Waals surface area contributed by atoms with Crippen molar-refractivity contribution in [3.05, 3.63) is 35.4 Å². The highest BCUT2D eigenvalue weighted by molar-refractivity contribution is 5.25. The molecule has 0 bridgehead atoms. The summed E-state index contributed by atoms with van der Waals surface area (Å²) >= 11 is 0. The number of hydrogen-bond acceptors (Lipinski definition) is 2. The van der Waals surface area contributed by atoms with Gasteiger partial charge >= 0.3 is 0 Å². The van der Waals surface area contributed by atoms with Gasteiger partial charge < -0.3 is 9.84 Å². The fraction of sp³-hybridized carbons (Fsp3) is 0.625. The average molecular weight is 248 g/mol. The molecule has 0 saturated heterocycles. The number of aryl methyl sites for hydroxylation is 1. The van der Waals surface area contributed by atoms with Crippen LogP contribution in [0.2, 0.25) is 0 Å². The van der Waals surface area contributed by atoms with Gasteiger partial charge in [-0.3, -0.25) is 0 Å². The summed E-state index contributed by atoms with van der Waals surface area (Å²) in [6.07, 6.45) is 3.64. The molecule has 0 heterocycles. The van der Waals surface area contributed by atoms with Crippen LogP contribution in [0.4, 0.5) is 0 Å². The summed E-state index contributed by atoms with van der Waals surface area (Å²) in [5, 5.41) is 10.6. The summed E-state index contributed by atoms with van der Waals surface area (Å²) in [4.78, 5) is 0. The van der Waals surface area contributed by atoms with Gasteiger partial charge in [0.25, 0.3) is 0 Å². The summed E-state index contributed by atoms with van der Waals surface area (Å²) in [6.45, 7) is 4.34. The van der Waals surface area contributed by atoms with E-state index in [0.717, 1.165) is 37.2 Å². The van der Waals surface area contributed by atoms with Gasteiger partial charge in [-0.05, 0) is 44.1 Å². The van der Waals surface area contributed by atoms with Crippen molar-refractivity contribution in [2.24, 2.45) is 5.92 Å². The largest absolute Gasteiger partial charge is 0.385 e. The number of aliphatic hydroxyl groups excluding tert-OH is 1. The summed E-state index contributed by atoms with van der Waals surface area (Å²) in [7, 11) is 1.73. The highest BCUT2D eigenvalue weighted by Crippen LogP contribution is 2.42. The van der Waals surface area contributed by atoms with Crippen molar-refractivity contribution in [2.45, 2.75) is 51.2 Å². The molecule has 0 amide bonds. The first-order valence-electron chi connectivity index (χ1n) is 6.87. The quantitative estimate of drug-likeness (QED) is 0.885. The molecule has 1 saturated carbocycles. The Morgan fingerprint density at radius 2 is 1.78 bits per heavy atom. The Labute approximate surface area is 110 Å². The van der Waals surface area contributed by atoms with Gasteiger partial charge in [-0.15, -0.1) is 0 Å². The van der Waals surface area contributed by atoms with Crippen molar-refractivity contribution >= 4 is 0 Å². The van der Waals surface area contributed by atoms with E-state index in [-0.39, 0.29) is 5.60 Å². The van der Waals surface area contributed by atoms with Gasteiger partial charge in [0.15, 0.2) is 0 Å². The lowest BCUT2D eigenvalue weighted by Gasteiger charge is -2.41. The zero-order valence-corrected chi connectivity index (χ0v) is 11.6. The second kappa shape index (κ2) is 5.41. The first-order chi connectivity index (χ1) is 8.57. The Kier molecular flexibility index (Phi) is 4.08. The predicted molar refractivity (Wildman–Crippen MR) is 73.5 cm³/mol. The number of methoxy groups -OCH3 is 1. The van der Waals surface area contributed by atoms with Crippen molar-refractivity contribution in [1.82, 2.24) is 0 Å². The second-order valence-electron chi connectivity index (χ2n) is 5.76. The third-order valence-corrected chi connectivity index (χ3v) is 4.42. The molecule has 100 valence electrons. The van der Waals surface area contributed by atoms with Gasteiger partial charge in [0.1, 0.15) is 6.10 Å². The van der Waals surface area contributed by atoms with Crippen LogP contribution in [0.25, 0.3) is 0 Å². The van der Waals surface area contributed by atoms with E-state index < -0.39 is 6.10 Å². The fourth-order valence-electron chi connectivity index (χ4n) is 2.89. The minimum Gasteiger partial charge on any atom is -0.385 e. The molecule has 1 N–H and O–H groups in total. The highest BCUT2D eigenvalue weighted by atomic mass is 16.5. The molecule has 0 spiro atoms. The molecule has 1 aliphatic carbocycles. The van der Waals surface area contributed by atoms with E-state index in [9.17, 15) is 5.11 Å². The van der Waals surface area contributed by atoms with E-state index in [1.54, 1.807) is 7.11 Å². The molecule has 1 aromatic carbocycles. The summed E-state index contributed by atoms with van der Waals surface area (Å²) in [5.41, 5.74) is 1.80. The van der Waals surface area contributed by atoms with Gasteiger partial charge in [-0.25, -0.2) is 0 Å². The van der Waals surface area contributed by atoms with Gasteiger partial charge in [-0.2, -0.15) is 0 Å². The number of benzene rings is 1. The molecule has 1 aromatic rings. The first-order valence-corrected chi connectivity index (χ1v) is 6.87. The predicted octanol–water partition coefficient (Wildman–Crippen LogP) is 3.62. The Balaban J connectivity index is 2.19. The normalized spacial score (nSPS) is 30.1. The third-order valence-electron chi connectivity index (χ3n) is 4.42. The maximum atomic E-state index is 10.6. The third kappa shape index (κ3) is 2.60. The number of ether oxygens (including phenoxy) is 1. The van der Waals surface area contributed by atoms with Crippen LogP contribution in [-0.4, -0.2) is 17.8 Å². The smallest absolute Gasteiger partial charge is 0.108 e. The molecule has 0 aliphatic heterocycles. The van der Waals surface area contributed by atoms with Gasteiger partial charge in [0.05, 0.1) is 5.60 Å². The molecule has 18 heavy (non-hydrogen) atoms. The van der Waals surface area contributed by atoms with Crippen LogP contribution in [0.15, 0.2) is 24.3 Å². The Morgan fingerprint density at radius 1 is 1.22 bits per heavy atom. The maximum absolute atomic E-state index is 10.6. The first kappa shape index (κ1) is 13.6. The molecular weight excluding hydrogens is 224 g/mol. The highest BCUT2D eigenvalue weighted by Gasteiger charge is 2.41. The minimum absolute atomic E-state index is 0.387. The standard InChI is InChI=1S/C16H24O2/c1-12-4-6-14(7-5-12)15(17)16(18-3)10-8-13(2)9-11-16/h4-7,13,15,17H,8-11H2,1-3H3. The zero-order valence-electron chi connectivity index (χ0n) is 11.6. The van der Waals surface area contributed by atoms with Crippen molar-refractivity contribution < 1.29 is 9.84 Å². The Morgan fingerprint density at radius 3 is 2.28 bits per heavy atom. The minimum atomic E-state index is -0.518. The Hall–Kier alpha value is -0.860. The van der Waals surface area contributed by atoms with Crippen molar-refractivity contribution in [1.29, 1.82) is 0 Å². The lowest BCUT2D eigenvalue weighted by Crippen LogP contribution is -2.41. The number of aliphatic hydroxyl groups is 1. The van der Waals surface area contributed by atoms with Gasteiger partial charge in [-0.1, -0.05) is 36.8 Å². The second-order valence-corrected chi connectivity index (χ2v) is 5.76. The van der Waals surface area contributed by atoms with Crippen LogP contribution in [0.1, 0.15) is 49.8 Å². The molecule has 1 unspecified atom stereocenters. The van der Waals surface area contributed by atoms with E-state index in [2.05, 4.69) is 13.8 Å². The maximum Gasteiger partial charge on any atom is 0.108 e. The van der Waals surface area contributed by atoms with Crippen LogP contribution >= 0.6 is 0 Å². The van der Waals surface area contributed by atoms with Crippen LogP contribution in [0.5, 0.6) is 0 Å². The van der Waals surface area contributed by atoms with Crippen LogP contribution < -0.4 is 0 Å². The van der Waals surface area contributed by atoms with Gasteiger partial charge in [0.2, 0.25) is 0 Å². The van der Waals surface area contributed by atoms with Crippen molar-refractivity contribution in [3.8, 4) is 0 Å². The SMILES string of the molecule is COC1(C(O)c2ccc(C)cc2)CCC(C)CC1. The summed E-state index contributed by atoms with van der Waals surface area (Å²) in [6, 6.07) is 8.12. The molecule has 1 aliphatic rings. The lowest BCUT2D eigenvalue weighted by atomic mass is 9.74. The topological polar surface area (TPSA) is 29.5 Å². The van der Waals surface area contributed by atoms with E-state index in [0.29, 0.717) is 0 Å². The summed E-state index contributed by atoms with van der Waals surface area (Å²) < 4.78 is 5.72. The monoisotopic (exact) mass is 248 g/mol. The van der Waals surface area contributed by atoms with Crippen molar-refractivity contribution in [2.75, 3.05) is 7.11 Å². The number of rotatable bonds is 3. The van der Waals surface area contributed by atoms with Crippen LogP contribution in [0.3, 0.4) is 0 Å². The number of hydrogen-bond donors (Lipinski definition) is 1. The van der Waals surface area contributed by atoms with E-state index in [4.69, 9.17) is 4.74 Å². The van der Waals surface area contributed by atoms with E-state index in [1.165, 1.54) is 5.56 Å².